The number of rotatable bonds is 5. The molecule has 0 saturated heterocycles. The highest BCUT2D eigenvalue weighted by Gasteiger charge is 2.26. The highest BCUT2D eigenvalue weighted by atomic mass is 19.4. The number of hydrogen-bond donors (Lipinski definition) is 4. The van der Waals surface area contributed by atoms with Gasteiger partial charge in [-0.25, -0.2) is 0 Å². The minimum atomic E-state index is -4.23. The second-order valence-corrected chi connectivity index (χ2v) is 3.63. The highest BCUT2D eigenvalue weighted by Crippen LogP contribution is 2.21. The first-order valence-corrected chi connectivity index (χ1v) is 5.14. The van der Waals surface area contributed by atoms with Crippen LogP contribution in [-0.4, -0.2) is 24.3 Å². The summed E-state index contributed by atoms with van der Waals surface area (Å²) in [5, 5.41) is 17.3. The predicted octanol–water partition coefficient (Wildman–Crippen LogP) is 2.35. The Morgan fingerprint density at radius 2 is 1.83 bits per heavy atom. The summed E-state index contributed by atoms with van der Waals surface area (Å²) in [6.45, 7) is -0.286. The van der Waals surface area contributed by atoms with Crippen molar-refractivity contribution in [2.75, 3.05) is 11.9 Å². The normalized spacial score (nSPS) is 11.1. The van der Waals surface area contributed by atoms with Gasteiger partial charge in [0, 0.05) is 17.8 Å². The van der Waals surface area contributed by atoms with Gasteiger partial charge in [0.2, 0.25) is 0 Å². The Hall–Kier alpha value is -2.05. The van der Waals surface area contributed by atoms with Gasteiger partial charge >= 0.3 is 6.18 Å². The number of nitrogens with one attached hydrogen (secondary N) is 3. The summed E-state index contributed by atoms with van der Waals surface area (Å²) in [5.74, 6) is -0.430. The molecule has 7 heteroatoms. The number of benzene rings is 1. The summed E-state index contributed by atoms with van der Waals surface area (Å²) in [5.41, 5.74) is 5.64. The van der Waals surface area contributed by atoms with Gasteiger partial charge in [-0.05, 0) is 6.07 Å². The molecule has 5 N–H and O–H groups in total. The van der Waals surface area contributed by atoms with Crippen LogP contribution in [-0.2, 0) is 0 Å². The van der Waals surface area contributed by atoms with E-state index in [1.54, 1.807) is 18.2 Å². The maximum atomic E-state index is 12.0. The van der Waals surface area contributed by atoms with E-state index in [9.17, 15) is 13.2 Å². The summed E-state index contributed by atoms with van der Waals surface area (Å²) in [6, 6.07) is 6.33. The molecule has 1 aromatic rings. The molecule has 0 aliphatic carbocycles. The van der Waals surface area contributed by atoms with Crippen LogP contribution in [0.3, 0.4) is 0 Å². The van der Waals surface area contributed by atoms with Crippen molar-refractivity contribution in [3.05, 3.63) is 29.8 Å². The number of halogens is 3. The quantitative estimate of drug-likeness (QED) is 0.482. The summed E-state index contributed by atoms with van der Waals surface area (Å²) >= 11 is 0. The van der Waals surface area contributed by atoms with E-state index in [2.05, 4.69) is 5.32 Å². The molecule has 0 atom stereocenters. The molecular weight excluding hydrogens is 245 g/mol. The van der Waals surface area contributed by atoms with E-state index in [0.29, 0.717) is 11.3 Å². The molecule has 98 valence electrons. The molecule has 18 heavy (non-hydrogen) atoms. The van der Waals surface area contributed by atoms with Gasteiger partial charge < -0.3 is 11.1 Å². The lowest BCUT2D eigenvalue weighted by molar-refractivity contribution is -0.131. The summed E-state index contributed by atoms with van der Waals surface area (Å²) in [6.07, 6.45) is -5.19. The lowest BCUT2D eigenvalue weighted by Gasteiger charge is -2.13. The average Bonchev–Trinajstić information content (AvgIpc) is 2.27. The smallest absolute Gasteiger partial charge is 0.384 e. The van der Waals surface area contributed by atoms with Crippen molar-refractivity contribution in [1.82, 2.24) is 0 Å². The molecule has 4 nitrogen and oxygen atoms in total. The molecule has 0 spiro atoms. The maximum absolute atomic E-state index is 12.0. The Bertz CT molecular complexity index is 454. The number of anilines is 1. The van der Waals surface area contributed by atoms with Crippen molar-refractivity contribution in [3.63, 3.8) is 0 Å². The molecule has 0 saturated carbocycles. The average molecular weight is 258 g/mol. The van der Waals surface area contributed by atoms with Crippen molar-refractivity contribution in [2.45, 2.75) is 12.6 Å². The lowest BCUT2D eigenvalue weighted by atomic mass is 10.1. The summed E-state index contributed by atoms with van der Waals surface area (Å²) < 4.78 is 36.0. The van der Waals surface area contributed by atoms with Crippen LogP contribution in [0.15, 0.2) is 24.3 Å². The van der Waals surface area contributed by atoms with Crippen molar-refractivity contribution in [3.8, 4) is 0 Å². The molecule has 0 unspecified atom stereocenters. The third-order valence-electron chi connectivity index (χ3n) is 2.19. The molecule has 0 bridgehead atoms. The molecule has 0 radical (unpaired) electrons. The number of alkyl halides is 3. The Kier molecular flexibility index (Phi) is 4.30. The zero-order chi connectivity index (χ0) is 13.8. The van der Waals surface area contributed by atoms with E-state index in [1.165, 1.54) is 6.07 Å². The zero-order valence-corrected chi connectivity index (χ0v) is 9.43. The fourth-order valence-corrected chi connectivity index (χ4v) is 1.34. The molecule has 0 amide bonds. The molecule has 1 rings (SSSR count). The predicted molar refractivity (Wildman–Crippen MR) is 64.3 cm³/mol. The lowest BCUT2D eigenvalue weighted by Crippen LogP contribution is -2.24. The van der Waals surface area contributed by atoms with Crippen molar-refractivity contribution in [1.29, 1.82) is 10.8 Å². The van der Waals surface area contributed by atoms with E-state index in [4.69, 9.17) is 16.6 Å². The largest absolute Gasteiger partial charge is 0.390 e. The second kappa shape index (κ2) is 5.52. The molecular formula is C11H13F3N4. The van der Waals surface area contributed by atoms with Gasteiger partial charge in [0.1, 0.15) is 11.5 Å². The van der Waals surface area contributed by atoms with Gasteiger partial charge in [-0.3, -0.25) is 10.8 Å². The minimum absolute atomic E-state index is 0.217. The minimum Gasteiger partial charge on any atom is -0.384 e. The SMILES string of the molecule is N=C(N)C(=N)c1ccccc1NCCC(F)(F)F. The van der Waals surface area contributed by atoms with E-state index in [1.807, 2.05) is 0 Å². The van der Waals surface area contributed by atoms with Gasteiger partial charge in [0.05, 0.1) is 6.42 Å². The second-order valence-electron chi connectivity index (χ2n) is 3.63. The molecule has 0 aromatic heterocycles. The van der Waals surface area contributed by atoms with Crippen molar-refractivity contribution < 1.29 is 13.2 Å². The van der Waals surface area contributed by atoms with Crippen LogP contribution in [0.1, 0.15) is 12.0 Å². The van der Waals surface area contributed by atoms with E-state index in [0.717, 1.165) is 0 Å². The number of nitrogens with two attached hydrogens (primary N) is 1. The number of hydrogen-bond acceptors (Lipinski definition) is 3. The van der Waals surface area contributed by atoms with Crippen LogP contribution in [0.2, 0.25) is 0 Å². The summed E-state index contributed by atoms with van der Waals surface area (Å²) in [4.78, 5) is 0. The van der Waals surface area contributed by atoms with Crippen LogP contribution in [0, 0.1) is 10.8 Å². The van der Waals surface area contributed by atoms with Gasteiger partial charge in [0.15, 0.2) is 0 Å². The third-order valence-corrected chi connectivity index (χ3v) is 2.19. The van der Waals surface area contributed by atoms with E-state index >= 15 is 0 Å². The topological polar surface area (TPSA) is 85.8 Å². The standard InChI is InChI=1S/C11H13F3N4/c12-11(13,14)5-6-18-8-4-2-1-3-7(8)9(15)10(16)17/h1-4,15,18H,5-6H2,(H3,16,17). The number of para-hydroxylation sites is 1. The number of amidine groups is 1. The zero-order valence-electron chi connectivity index (χ0n) is 9.43. The van der Waals surface area contributed by atoms with Gasteiger partial charge in [-0.15, -0.1) is 0 Å². The van der Waals surface area contributed by atoms with Crippen LogP contribution in [0.5, 0.6) is 0 Å². The molecule has 0 heterocycles. The first kappa shape index (κ1) is 14.0. The molecule has 0 fully saturated rings. The highest BCUT2D eigenvalue weighted by molar-refractivity contribution is 6.45. The van der Waals surface area contributed by atoms with Crippen LogP contribution in [0.4, 0.5) is 18.9 Å². The Morgan fingerprint density at radius 3 is 2.39 bits per heavy atom. The van der Waals surface area contributed by atoms with Crippen LogP contribution in [0.25, 0.3) is 0 Å². The molecule has 1 aromatic carbocycles. The maximum Gasteiger partial charge on any atom is 0.390 e. The first-order valence-electron chi connectivity index (χ1n) is 5.14. The van der Waals surface area contributed by atoms with Gasteiger partial charge in [0.25, 0.3) is 0 Å². The Balaban J connectivity index is 2.77. The monoisotopic (exact) mass is 258 g/mol. The Labute approximate surface area is 102 Å². The molecule has 0 aliphatic heterocycles. The fraction of sp³-hybridized carbons (Fsp3) is 0.273. The van der Waals surface area contributed by atoms with E-state index < -0.39 is 18.4 Å². The van der Waals surface area contributed by atoms with Gasteiger partial charge in [-0.1, -0.05) is 18.2 Å². The van der Waals surface area contributed by atoms with Crippen LogP contribution >= 0.6 is 0 Å². The van der Waals surface area contributed by atoms with Crippen molar-refractivity contribution in [2.24, 2.45) is 5.73 Å². The fourth-order valence-electron chi connectivity index (χ4n) is 1.34. The van der Waals surface area contributed by atoms with E-state index in [-0.39, 0.29) is 12.3 Å². The van der Waals surface area contributed by atoms with Gasteiger partial charge in [-0.2, -0.15) is 13.2 Å². The third kappa shape index (κ3) is 4.08. The first-order chi connectivity index (χ1) is 8.31. The summed E-state index contributed by atoms with van der Waals surface area (Å²) in [7, 11) is 0. The van der Waals surface area contributed by atoms with Crippen LogP contribution < -0.4 is 11.1 Å². The van der Waals surface area contributed by atoms with Crippen molar-refractivity contribution >= 4 is 17.2 Å². The Morgan fingerprint density at radius 1 is 1.22 bits per heavy atom. The molecule has 0 aliphatic rings.